The van der Waals surface area contributed by atoms with Crippen LogP contribution >= 0.6 is 0 Å². The van der Waals surface area contributed by atoms with Crippen molar-refractivity contribution in [2.45, 2.75) is 27.0 Å². The van der Waals surface area contributed by atoms with E-state index >= 15 is 0 Å². The van der Waals surface area contributed by atoms with E-state index in [4.69, 9.17) is 4.74 Å². The number of nitrogens with zero attached hydrogens (tertiary/aromatic N) is 2. The van der Waals surface area contributed by atoms with Gasteiger partial charge < -0.3 is 14.4 Å². The van der Waals surface area contributed by atoms with Gasteiger partial charge in [-0.3, -0.25) is 4.98 Å². The molecule has 96 valence electrons. The Morgan fingerprint density at radius 3 is 2.83 bits per heavy atom. The smallest absolute Gasteiger partial charge is 0.128 e. The third-order valence-electron chi connectivity index (χ3n) is 3.16. The van der Waals surface area contributed by atoms with Crippen LogP contribution in [0.5, 0.6) is 5.75 Å². The fourth-order valence-corrected chi connectivity index (χ4v) is 2.14. The maximum absolute atomic E-state index is 9.23. The van der Waals surface area contributed by atoms with E-state index in [0.29, 0.717) is 6.54 Å². The predicted molar refractivity (Wildman–Crippen MR) is 69.7 cm³/mol. The van der Waals surface area contributed by atoms with E-state index in [2.05, 4.69) is 4.98 Å². The molecule has 0 unspecified atom stereocenters. The molecular weight excluding hydrogens is 228 g/mol. The third-order valence-corrected chi connectivity index (χ3v) is 3.16. The van der Waals surface area contributed by atoms with Crippen molar-refractivity contribution in [1.29, 1.82) is 0 Å². The lowest BCUT2D eigenvalue weighted by molar-refractivity contribution is 0.271. The van der Waals surface area contributed by atoms with E-state index in [1.54, 1.807) is 7.11 Å². The summed E-state index contributed by atoms with van der Waals surface area (Å²) in [5.74, 6) is 0.887. The van der Waals surface area contributed by atoms with E-state index in [1.807, 2.05) is 42.9 Å². The van der Waals surface area contributed by atoms with E-state index in [0.717, 1.165) is 28.3 Å². The summed E-state index contributed by atoms with van der Waals surface area (Å²) >= 11 is 0. The van der Waals surface area contributed by atoms with Gasteiger partial charge in [0.15, 0.2) is 0 Å². The van der Waals surface area contributed by atoms with E-state index in [9.17, 15) is 5.11 Å². The molecule has 2 rings (SSSR count). The average molecular weight is 246 g/mol. The van der Waals surface area contributed by atoms with Gasteiger partial charge in [-0.05, 0) is 26.0 Å². The summed E-state index contributed by atoms with van der Waals surface area (Å²) in [7, 11) is 1.67. The van der Waals surface area contributed by atoms with Crippen LogP contribution in [0.1, 0.15) is 22.5 Å². The normalized spacial score (nSPS) is 10.7. The Hall–Kier alpha value is -1.81. The second-order valence-corrected chi connectivity index (χ2v) is 4.33. The molecule has 0 aliphatic carbocycles. The van der Waals surface area contributed by atoms with Crippen LogP contribution in [-0.2, 0) is 13.2 Å². The molecule has 1 N–H and O–H groups in total. The molecule has 2 heterocycles. The Morgan fingerprint density at radius 2 is 2.17 bits per heavy atom. The minimum absolute atomic E-state index is 0.0367. The van der Waals surface area contributed by atoms with Gasteiger partial charge in [0.2, 0.25) is 0 Å². The Bertz CT molecular complexity index is 547. The van der Waals surface area contributed by atoms with E-state index in [1.165, 1.54) is 0 Å². The van der Waals surface area contributed by atoms with Crippen molar-refractivity contribution in [1.82, 2.24) is 9.55 Å². The quantitative estimate of drug-likeness (QED) is 0.898. The number of hydrogen-bond acceptors (Lipinski definition) is 3. The molecule has 0 aromatic carbocycles. The molecule has 2 aromatic rings. The Labute approximate surface area is 107 Å². The van der Waals surface area contributed by atoms with Gasteiger partial charge >= 0.3 is 0 Å². The summed E-state index contributed by atoms with van der Waals surface area (Å²) in [6.07, 6.45) is 3.77. The highest BCUT2D eigenvalue weighted by Gasteiger charge is 2.10. The second-order valence-electron chi connectivity index (χ2n) is 4.33. The molecule has 2 aromatic heterocycles. The number of ether oxygens (including phenoxy) is 1. The van der Waals surface area contributed by atoms with Crippen molar-refractivity contribution in [3.05, 3.63) is 47.0 Å². The van der Waals surface area contributed by atoms with Gasteiger partial charge in [0.25, 0.3) is 0 Å². The predicted octanol–water partition coefficient (Wildman–Crippen LogP) is 2.05. The lowest BCUT2D eigenvalue weighted by Gasteiger charge is -2.13. The zero-order valence-corrected chi connectivity index (χ0v) is 11.0. The summed E-state index contributed by atoms with van der Waals surface area (Å²) < 4.78 is 7.38. The first-order chi connectivity index (χ1) is 8.67. The Morgan fingerprint density at radius 1 is 1.39 bits per heavy atom. The molecule has 0 aliphatic heterocycles. The molecule has 0 atom stereocenters. The lowest BCUT2D eigenvalue weighted by atomic mass is 10.1. The zero-order chi connectivity index (χ0) is 13.1. The first kappa shape index (κ1) is 12.6. The number of hydrogen-bond donors (Lipinski definition) is 1. The highest BCUT2D eigenvalue weighted by Crippen LogP contribution is 2.24. The molecule has 0 saturated heterocycles. The summed E-state index contributed by atoms with van der Waals surface area (Å²) in [4.78, 5) is 4.45. The second kappa shape index (κ2) is 5.23. The molecule has 0 aliphatic rings. The fourth-order valence-electron chi connectivity index (χ4n) is 2.14. The molecule has 0 fully saturated rings. The van der Waals surface area contributed by atoms with Crippen molar-refractivity contribution >= 4 is 0 Å². The zero-order valence-electron chi connectivity index (χ0n) is 11.0. The molecule has 0 bridgehead atoms. The van der Waals surface area contributed by atoms with Gasteiger partial charge in [-0.1, -0.05) is 0 Å². The molecule has 0 radical (unpaired) electrons. The van der Waals surface area contributed by atoms with Crippen LogP contribution < -0.4 is 4.74 Å². The molecule has 18 heavy (non-hydrogen) atoms. The van der Waals surface area contributed by atoms with Crippen molar-refractivity contribution < 1.29 is 9.84 Å². The molecule has 4 heteroatoms. The monoisotopic (exact) mass is 246 g/mol. The fraction of sp³-hybridized carbons (Fsp3) is 0.357. The number of aliphatic hydroxyl groups excluding tert-OH is 1. The minimum atomic E-state index is 0.0367. The Balaban J connectivity index is 2.35. The number of rotatable bonds is 4. The third kappa shape index (κ3) is 2.24. The summed E-state index contributed by atoms with van der Waals surface area (Å²) in [5.41, 5.74) is 3.93. The maximum Gasteiger partial charge on any atom is 0.128 e. The van der Waals surface area contributed by atoms with Gasteiger partial charge in [-0.15, -0.1) is 0 Å². The largest absolute Gasteiger partial charge is 0.496 e. The van der Waals surface area contributed by atoms with Gasteiger partial charge in [0, 0.05) is 29.2 Å². The van der Waals surface area contributed by atoms with Gasteiger partial charge in [0.1, 0.15) is 5.75 Å². The number of methoxy groups -OCH3 is 1. The van der Waals surface area contributed by atoms with Crippen LogP contribution in [0.15, 0.2) is 24.5 Å². The van der Waals surface area contributed by atoms with Gasteiger partial charge in [0.05, 0.1) is 26.0 Å². The van der Waals surface area contributed by atoms with Crippen molar-refractivity contribution in [3.63, 3.8) is 0 Å². The van der Waals surface area contributed by atoms with E-state index < -0.39 is 0 Å². The molecule has 0 spiro atoms. The summed E-state index contributed by atoms with van der Waals surface area (Å²) in [5, 5.41) is 9.23. The van der Waals surface area contributed by atoms with Crippen molar-refractivity contribution in [2.24, 2.45) is 0 Å². The molecule has 4 nitrogen and oxygen atoms in total. The van der Waals surface area contributed by atoms with Crippen LogP contribution in [0.25, 0.3) is 0 Å². The number of pyridine rings is 1. The number of aliphatic hydroxyl groups is 1. The number of aromatic nitrogens is 2. The highest BCUT2D eigenvalue weighted by molar-refractivity contribution is 5.41. The van der Waals surface area contributed by atoms with Crippen LogP contribution in [0.4, 0.5) is 0 Å². The summed E-state index contributed by atoms with van der Waals surface area (Å²) in [6, 6.07) is 3.83. The average Bonchev–Trinajstić information content (AvgIpc) is 2.81. The SMILES string of the molecule is COc1c(C)cnc(Cn2cccc2CO)c1C. The lowest BCUT2D eigenvalue weighted by Crippen LogP contribution is -2.07. The number of aryl methyl sites for hydroxylation is 1. The summed E-state index contributed by atoms with van der Waals surface area (Å²) in [6.45, 7) is 4.67. The molecule has 0 amide bonds. The van der Waals surface area contributed by atoms with Gasteiger partial charge in [-0.2, -0.15) is 0 Å². The van der Waals surface area contributed by atoms with Crippen LogP contribution in [0, 0.1) is 13.8 Å². The first-order valence-electron chi connectivity index (χ1n) is 5.91. The standard InChI is InChI=1S/C14H18N2O2/c1-10-7-15-13(11(2)14(10)18-3)8-16-6-4-5-12(16)9-17/h4-7,17H,8-9H2,1-3H3. The van der Waals surface area contributed by atoms with E-state index in [-0.39, 0.29) is 6.61 Å². The minimum Gasteiger partial charge on any atom is -0.496 e. The van der Waals surface area contributed by atoms with Crippen LogP contribution in [0.3, 0.4) is 0 Å². The maximum atomic E-state index is 9.23. The van der Waals surface area contributed by atoms with Gasteiger partial charge in [-0.25, -0.2) is 0 Å². The Kier molecular flexibility index (Phi) is 3.67. The molecule has 0 saturated carbocycles. The van der Waals surface area contributed by atoms with Crippen LogP contribution in [0.2, 0.25) is 0 Å². The highest BCUT2D eigenvalue weighted by atomic mass is 16.5. The van der Waals surface area contributed by atoms with Crippen molar-refractivity contribution in [3.8, 4) is 5.75 Å². The topological polar surface area (TPSA) is 47.3 Å². The first-order valence-corrected chi connectivity index (χ1v) is 5.91. The molecular formula is C14H18N2O2. The van der Waals surface area contributed by atoms with Crippen LogP contribution in [-0.4, -0.2) is 21.8 Å². The van der Waals surface area contributed by atoms with Crippen molar-refractivity contribution in [2.75, 3.05) is 7.11 Å².